The molecular formula is C36H44N2O7S. The lowest BCUT2D eigenvalue weighted by Gasteiger charge is -2.31. The molecule has 246 valence electrons. The Bertz CT molecular complexity index is 1580. The number of hydrogen-bond donors (Lipinski definition) is 1. The number of ether oxygens (including phenoxy) is 4. The zero-order chi connectivity index (χ0) is 32.4. The Morgan fingerprint density at radius 2 is 1.63 bits per heavy atom. The fraction of sp³-hybridized carbons (Fsp3) is 0.417. The van der Waals surface area contributed by atoms with E-state index in [0.29, 0.717) is 48.4 Å². The van der Waals surface area contributed by atoms with Crippen LogP contribution in [0.1, 0.15) is 49.3 Å². The average molecular weight is 649 g/mol. The Morgan fingerprint density at radius 3 is 2.37 bits per heavy atom. The van der Waals surface area contributed by atoms with Gasteiger partial charge in [-0.2, -0.15) is 0 Å². The number of fused-ring (bicyclic) bond motifs is 1. The Labute approximate surface area is 272 Å². The Hall–Kier alpha value is -3.70. The predicted octanol–water partition coefficient (Wildman–Crippen LogP) is 5.88. The van der Waals surface area contributed by atoms with Gasteiger partial charge in [-0.25, -0.2) is 8.42 Å². The first-order valence-electron chi connectivity index (χ1n) is 16.0. The fourth-order valence-corrected chi connectivity index (χ4v) is 7.03. The van der Waals surface area contributed by atoms with Crippen molar-refractivity contribution in [3.63, 3.8) is 0 Å². The van der Waals surface area contributed by atoms with Crippen LogP contribution in [0.15, 0.2) is 77.2 Å². The predicted molar refractivity (Wildman–Crippen MR) is 179 cm³/mol. The van der Waals surface area contributed by atoms with Gasteiger partial charge in [0.25, 0.3) is 5.91 Å². The number of anilines is 1. The van der Waals surface area contributed by atoms with Crippen molar-refractivity contribution in [2.24, 2.45) is 0 Å². The number of sulfone groups is 1. The molecular weight excluding hydrogens is 604 g/mol. The molecule has 0 aliphatic carbocycles. The van der Waals surface area contributed by atoms with Gasteiger partial charge in [-0.1, -0.05) is 31.2 Å². The van der Waals surface area contributed by atoms with Gasteiger partial charge in [0, 0.05) is 43.7 Å². The Morgan fingerprint density at radius 1 is 0.913 bits per heavy atom. The van der Waals surface area contributed by atoms with Gasteiger partial charge in [0.05, 0.1) is 17.3 Å². The molecule has 1 N–H and O–H groups in total. The van der Waals surface area contributed by atoms with E-state index in [0.717, 1.165) is 62.5 Å². The zero-order valence-electron chi connectivity index (χ0n) is 26.7. The largest absolute Gasteiger partial charge is 0.491 e. The highest BCUT2D eigenvalue weighted by Gasteiger charge is 2.25. The molecule has 0 unspecified atom stereocenters. The highest BCUT2D eigenvalue weighted by Crippen LogP contribution is 2.30. The van der Waals surface area contributed by atoms with Crippen molar-refractivity contribution in [1.82, 2.24) is 4.90 Å². The molecule has 3 aromatic carbocycles. The number of amides is 1. The third kappa shape index (κ3) is 9.42. The van der Waals surface area contributed by atoms with Crippen molar-refractivity contribution in [2.45, 2.75) is 56.7 Å². The highest BCUT2D eigenvalue weighted by atomic mass is 32.2. The quantitative estimate of drug-likeness (QED) is 0.216. The van der Waals surface area contributed by atoms with E-state index >= 15 is 0 Å². The molecule has 46 heavy (non-hydrogen) atoms. The fourth-order valence-electron chi connectivity index (χ4n) is 5.57. The molecule has 10 heteroatoms. The monoisotopic (exact) mass is 648 g/mol. The Kier molecular flexibility index (Phi) is 11.9. The summed E-state index contributed by atoms with van der Waals surface area (Å²) in [5.41, 5.74) is 3.60. The molecule has 2 aliphatic heterocycles. The number of rotatable bonds is 14. The lowest BCUT2D eigenvalue weighted by molar-refractivity contribution is -0.112. The number of hydrogen-bond acceptors (Lipinski definition) is 8. The minimum Gasteiger partial charge on any atom is -0.491 e. The molecule has 2 aliphatic rings. The van der Waals surface area contributed by atoms with Crippen LogP contribution in [0.5, 0.6) is 11.5 Å². The molecule has 2 heterocycles. The maximum atomic E-state index is 13.3. The second-order valence-electron chi connectivity index (χ2n) is 11.7. The standard InChI is InChI=1S/C36H44N2O7S/c1-3-17-42-20-21-44-33-10-6-28(7-11-33)26-45-34-12-13-35-30(24-34)23-29(16-22-46(35,40)41)36(39)37-31-8-4-27(5-9-31)25-38(2)32-14-18-43-19-15-32/h4-13,23-24,32H,3,14-22,25-26H2,1-2H3,(H,37,39). The summed E-state index contributed by atoms with van der Waals surface area (Å²) >= 11 is 0. The van der Waals surface area contributed by atoms with Crippen LogP contribution in [0.4, 0.5) is 5.69 Å². The summed E-state index contributed by atoms with van der Waals surface area (Å²) in [6.07, 6.45) is 4.83. The molecule has 0 atom stereocenters. The van der Waals surface area contributed by atoms with Gasteiger partial charge in [0.15, 0.2) is 9.84 Å². The summed E-state index contributed by atoms with van der Waals surface area (Å²) in [5.74, 6) is 0.808. The molecule has 1 fully saturated rings. The summed E-state index contributed by atoms with van der Waals surface area (Å²) < 4.78 is 48.8. The first kappa shape index (κ1) is 33.7. The van der Waals surface area contributed by atoms with E-state index < -0.39 is 9.84 Å². The zero-order valence-corrected chi connectivity index (χ0v) is 27.5. The van der Waals surface area contributed by atoms with Gasteiger partial charge >= 0.3 is 0 Å². The summed E-state index contributed by atoms with van der Waals surface area (Å²) in [6.45, 7) is 6.55. The second-order valence-corrected chi connectivity index (χ2v) is 13.8. The number of carbonyl (C=O) groups is 1. The normalized spacial score (nSPS) is 16.3. The first-order valence-corrected chi connectivity index (χ1v) is 17.6. The first-order chi connectivity index (χ1) is 22.3. The van der Waals surface area contributed by atoms with Crippen molar-refractivity contribution < 1.29 is 32.2 Å². The second kappa shape index (κ2) is 16.2. The van der Waals surface area contributed by atoms with Crippen LogP contribution in [0.25, 0.3) is 6.08 Å². The van der Waals surface area contributed by atoms with Gasteiger partial charge in [0.1, 0.15) is 24.7 Å². The van der Waals surface area contributed by atoms with E-state index in [1.165, 1.54) is 0 Å². The highest BCUT2D eigenvalue weighted by molar-refractivity contribution is 7.91. The third-order valence-electron chi connectivity index (χ3n) is 8.21. The maximum absolute atomic E-state index is 13.3. The van der Waals surface area contributed by atoms with Gasteiger partial charge in [-0.05, 0) is 98.0 Å². The van der Waals surface area contributed by atoms with E-state index in [2.05, 4.69) is 24.2 Å². The van der Waals surface area contributed by atoms with E-state index in [-0.39, 0.29) is 23.0 Å². The lowest BCUT2D eigenvalue weighted by atomic mass is 10.1. The van der Waals surface area contributed by atoms with E-state index in [9.17, 15) is 13.2 Å². The van der Waals surface area contributed by atoms with Crippen molar-refractivity contribution in [1.29, 1.82) is 0 Å². The summed E-state index contributed by atoms with van der Waals surface area (Å²) in [7, 11) is -1.44. The van der Waals surface area contributed by atoms with Gasteiger partial charge in [-0.15, -0.1) is 0 Å². The minimum absolute atomic E-state index is 0.117. The minimum atomic E-state index is -3.57. The van der Waals surface area contributed by atoms with Crippen molar-refractivity contribution in [2.75, 3.05) is 51.2 Å². The molecule has 9 nitrogen and oxygen atoms in total. The van der Waals surface area contributed by atoms with Crippen LogP contribution in [0.2, 0.25) is 0 Å². The smallest absolute Gasteiger partial charge is 0.251 e. The summed E-state index contributed by atoms with van der Waals surface area (Å²) in [4.78, 5) is 15.8. The Balaban J connectivity index is 1.19. The SMILES string of the molecule is CCCOCCOc1ccc(COc2ccc3c(c2)C=C(C(=O)Nc2ccc(CN(C)C4CCOCC4)cc2)CCS3(=O)=O)cc1. The summed E-state index contributed by atoms with van der Waals surface area (Å²) in [6, 6.07) is 20.8. The van der Waals surface area contributed by atoms with Crippen molar-refractivity contribution >= 4 is 27.5 Å². The van der Waals surface area contributed by atoms with E-state index in [1.54, 1.807) is 24.3 Å². The van der Waals surface area contributed by atoms with Crippen molar-refractivity contribution in [3.05, 3.63) is 89.0 Å². The number of carbonyl (C=O) groups excluding carboxylic acids is 1. The molecule has 0 aromatic heterocycles. The van der Waals surface area contributed by atoms with E-state index in [1.807, 2.05) is 48.5 Å². The number of nitrogens with one attached hydrogen (secondary N) is 1. The van der Waals surface area contributed by atoms with Crippen LogP contribution in [-0.4, -0.2) is 71.1 Å². The number of benzene rings is 3. The van der Waals surface area contributed by atoms with E-state index in [4.69, 9.17) is 18.9 Å². The molecule has 1 amide bonds. The third-order valence-corrected chi connectivity index (χ3v) is 9.99. The van der Waals surface area contributed by atoms with Gasteiger partial charge < -0.3 is 24.3 Å². The molecule has 0 spiro atoms. The van der Waals surface area contributed by atoms with Gasteiger partial charge in [0.2, 0.25) is 0 Å². The maximum Gasteiger partial charge on any atom is 0.251 e. The number of nitrogens with zero attached hydrogens (tertiary/aromatic N) is 1. The van der Waals surface area contributed by atoms with Gasteiger partial charge in [-0.3, -0.25) is 9.69 Å². The van der Waals surface area contributed by atoms with Crippen LogP contribution < -0.4 is 14.8 Å². The molecule has 0 saturated carbocycles. The molecule has 0 bridgehead atoms. The topological polar surface area (TPSA) is 103 Å². The molecule has 0 radical (unpaired) electrons. The molecule has 5 rings (SSSR count). The lowest BCUT2D eigenvalue weighted by Crippen LogP contribution is -2.36. The van der Waals surface area contributed by atoms with Crippen LogP contribution in [0.3, 0.4) is 0 Å². The van der Waals surface area contributed by atoms with Crippen LogP contribution in [0, 0.1) is 0 Å². The molecule has 1 saturated heterocycles. The average Bonchev–Trinajstić information content (AvgIpc) is 3.20. The summed E-state index contributed by atoms with van der Waals surface area (Å²) in [5, 5.41) is 2.95. The van der Waals surface area contributed by atoms with Crippen molar-refractivity contribution in [3.8, 4) is 11.5 Å². The van der Waals surface area contributed by atoms with Crippen LogP contribution in [-0.2, 0) is 37.3 Å². The molecule has 3 aromatic rings. The van der Waals surface area contributed by atoms with Crippen LogP contribution >= 0.6 is 0 Å².